The number of hydrogen-bond acceptors (Lipinski definition) is 10. The molecule has 1 aliphatic carbocycles. The van der Waals surface area contributed by atoms with Crippen LogP contribution in [0.4, 0.5) is 8.78 Å². The van der Waals surface area contributed by atoms with Crippen molar-refractivity contribution in [2.45, 2.75) is 97.3 Å². The molecule has 0 atom stereocenters. The Morgan fingerprint density at radius 1 is 0.523 bits per heavy atom. The molecule has 2 heterocycles. The molecule has 0 N–H and O–H groups in total. The molecule has 0 radical (unpaired) electrons. The maximum atomic E-state index is 15.2. The van der Waals surface area contributed by atoms with Crippen LogP contribution in [-0.2, 0) is 24.4 Å². The number of hydrogen-bond donors (Lipinski definition) is 0. The molecule has 2 aliphatic heterocycles. The summed E-state index contributed by atoms with van der Waals surface area (Å²) in [5.74, 6) is -1.89. The zero-order valence-corrected chi connectivity index (χ0v) is 38.4. The van der Waals surface area contributed by atoms with Crippen molar-refractivity contribution >= 4 is 11.9 Å². The first-order valence-corrected chi connectivity index (χ1v) is 23.3. The van der Waals surface area contributed by atoms with Gasteiger partial charge in [0, 0.05) is 41.6 Å². The Morgan fingerprint density at radius 2 is 0.908 bits per heavy atom. The zero-order chi connectivity index (χ0) is 45.9. The third-order valence-corrected chi connectivity index (χ3v) is 13.2. The van der Waals surface area contributed by atoms with E-state index in [2.05, 4.69) is 13.8 Å². The summed E-state index contributed by atoms with van der Waals surface area (Å²) in [6.07, 6.45) is 9.72. The molecular formula is C53H64F2O10. The largest absolute Gasteiger partial charge is 0.493 e. The number of rotatable bonds is 26. The Bertz CT molecular complexity index is 2080. The molecule has 0 unspecified atom stereocenters. The van der Waals surface area contributed by atoms with Gasteiger partial charge in [-0.15, -0.1) is 0 Å². The van der Waals surface area contributed by atoms with Gasteiger partial charge in [0.25, 0.3) is 0 Å². The molecule has 2 saturated heterocycles. The molecule has 12 heteroatoms. The molecule has 7 rings (SSSR count). The van der Waals surface area contributed by atoms with E-state index in [1.165, 1.54) is 24.3 Å². The van der Waals surface area contributed by atoms with Gasteiger partial charge >= 0.3 is 11.9 Å². The molecule has 0 saturated carbocycles. The highest BCUT2D eigenvalue weighted by atomic mass is 19.1. The maximum Gasteiger partial charge on any atom is 0.346 e. The van der Waals surface area contributed by atoms with Crippen LogP contribution in [0.25, 0.3) is 11.1 Å². The highest BCUT2D eigenvalue weighted by Gasteiger charge is 2.39. The Labute approximate surface area is 382 Å². The van der Waals surface area contributed by atoms with Crippen molar-refractivity contribution in [1.82, 2.24) is 0 Å². The van der Waals surface area contributed by atoms with Crippen molar-refractivity contribution in [1.29, 1.82) is 0 Å². The number of halogens is 2. The summed E-state index contributed by atoms with van der Waals surface area (Å²) in [5, 5.41) is 0. The molecule has 0 aromatic heterocycles. The number of benzene rings is 4. The standard InChI is InChI=1S/C53H64F2O10/c1-5-52(33-60-34-52)31-58-23-11-7-9-13-25-62-37-15-21-43(47(54)29-37)49(56)64-39-17-19-41-42-20-18-40(28-46(42)51(3,4)45(41)27-39)65-50(57)44-22-16-38(30-48(44)55)63-26-14-10-8-12-24-59-32-53(6-2)35-61-36-53/h15-22,27-30H,5-14,23-26,31-36H2,1-4H3. The van der Waals surface area contributed by atoms with Gasteiger partial charge < -0.3 is 37.9 Å². The number of unbranched alkanes of at least 4 members (excludes halogenated alkanes) is 6. The number of fused-ring (bicyclic) bond motifs is 3. The monoisotopic (exact) mass is 898 g/mol. The number of carbonyl (C=O) groups excluding carboxylic acids is 2. The van der Waals surface area contributed by atoms with Gasteiger partial charge in [-0.1, -0.05) is 52.7 Å². The van der Waals surface area contributed by atoms with Crippen LogP contribution in [0.3, 0.4) is 0 Å². The van der Waals surface area contributed by atoms with Gasteiger partial charge in [0.2, 0.25) is 0 Å². The van der Waals surface area contributed by atoms with Gasteiger partial charge in [-0.3, -0.25) is 0 Å². The lowest BCUT2D eigenvalue weighted by Crippen LogP contribution is -2.45. The molecule has 3 aliphatic rings. The lowest BCUT2D eigenvalue weighted by molar-refractivity contribution is -0.150. The van der Waals surface area contributed by atoms with Crippen LogP contribution in [0.5, 0.6) is 23.0 Å². The van der Waals surface area contributed by atoms with Crippen LogP contribution in [-0.4, -0.2) is 78.0 Å². The van der Waals surface area contributed by atoms with Gasteiger partial charge in [-0.05, 0) is 122 Å². The fourth-order valence-electron chi connectivity index (χ4n) is 8.49. The first-order valence-electron chi connectivity index (χ1n) is 23.3. The average Bonchev–Trinajstić information content (AvgIpc) is 3.48. The Morgan fingerprint density at radius 3 is 1.26 bits per heavy atom. The fraction of sp³-hybridized carbons (Fsp3) is 0.509. The predicted octanol–water partition coefficient (Wildman–Crippen LogP) is 11.5. The summed E-state index contributed by atoms with van der Waals surface area (Å²) in [6.45, 7) is 15.4. The Hall–Kier alpha value is -4.88. The van der Waals surface area contributed by atoms with Crippen LogP contribution in [0.15, 0.2) is 72.8 Å². The smallest absolute Gasteiger partial charge is 0.346 e. The van der Waals surface area contributed by atoms with E-state index in [4.69, 9.17) is 37.9 Å². The minimum atomic E-state index is -0.826. The highest BCUT2D eigenvalue weighted by molar-refractivity contribution is 5.93. The van der Waals surface area contributed by atoms with Crippen LogP contribution < -0.4 is 18.9 Å². The molecule has 350 valence electrons. The summed E-state index contributed by atoms with van der Waals surface area (Å²) in [7, 11) is 0. The number of ether oxygens (including phenoxy) is 8. The van der Waals surface area contributed by atoms with Gasteiger partial charge in [0.1, 0.15) is 34.6 Å². The third kappa shape index (κ3) is 11.9. The van der Waals surface area contributed by atoms with Crippen molar-refractivity contribution in [2.75, 3.05) is 66.1 Å². The molecule has 0 spiro atoms. The lowest BCUT2D eigenvalue weighted by atomic mass is 9.82. The third-order valence-electron chi connectivity index (χ3n) is 13.2. The summed E-state index contributed by atoms with van der Waals surface area (Å²) >= 11 is 0. The van der Waals surface area contributed by atoms with E-state index < -0.39 is 29.0 Å². The molecule has 65 heavy (non-hydrogen) atoms. The van der Waals surface area contributed by atoms with E-state index in [0.717, 1.165) is 139 Å². The van der Waals surface area contributed by atoms with E-state index in [1.807, 2.05) is 26.0 Å². The molecule has 10 nitrogen and oxygen atoms in total. The second kappa shape index (κ2) is 22.1. The summed E-state index contributed by atoms with van der Waals surface area (Å²) in [5.41, 5.74) is 3.01. The van der Waals surface area contributed by atoms with Gasteiger partial charge in [-0.25, -0.2) is 18.4 Å². The summed E-state index contributed by atoms with van der Waals surface area (Å²) in [6, 6.07) is 18.9. The molecular weight excluding hydrogens is 835 g/mol. The zero-order valence-electron chi connectivity index (χ0n) is 38.4. The molecule has 2 fully saturated rings. The first-order chi connectivity index (χ1) is 31.4. The topological polar surface area (TPSA) is 108 Å². The van der Waals surface area contributed by atoms with Crippen LogP contribution in [0.1, 0.15) is 124 Å². The Kier molecular flexibility index (Phi) is 16.3. The van der Waals surface area contributed by atoms with E-state index in [0.29, 0.717) is 24.7 Å². The molecule has 0 bridgehead atoms. The van der Waals surface area contributed by atoms with E-state index in [-0.39, 0.29) is 33.5 Å². The first kappa shape index (κ1) is 48.1. The predicted molar refractivity (Wildman–Crippen MR) is 243 cm³/mol. The highest BCUT2D eigenvalue weighted by Crippen LogP contribution is 2.50. The average molecular weight is 899 g/mol. The van der Waals surface area contributed by atoms with Crippen LogP contribution >= 0.6 is 0 Å². The van der Waals surface area contributed by atoms with Crippen molar-refractivity contribution in [2.24, 2.45) is 10.8 Å². The number of esters is 2. The van der Waals surface area contributed by atoms with Crippen molar-refractivity contribution in [3.05, 3.63) is 107 Å². The van der Waals surface area contributed by atoms with E-state index in [9.17, 15) is 9.59 Å². The fourth-order valence-corrected chi connectivity index (χ4v) is 8.49. The van der Waals surface area contributed by atoms with Crippen LogP contribution in [0, 0.1) is 22.5 Å². The normalized spacial score (nSPS) is 16.2. The minimum Gasteiger partial charge on any atom is -0.493 e. The quantitative estimate of drug-likeness (QED) is 0.0343. The van der Waals surface area contributed by atoms with Crippen LogP contribution in [0.2, 0.25) is 0 Å². The summed E-state index contributed by atoms with van der Waals surface area (Å²) in [4.78, 5) is 26.3. The van der Waals surface area contributed by atoms with Gasteiger partial charge in [-0.2, -0.15) is 0 Å². The minimum absolute atomic E-state index is 0.201. The van der Waals surface area contributed by atoms with Crippen molar-refractivity contribution in [3.63, 3.8) is 0 Å². The number of carbonyl (C=O) groups is 2. The van der Waals surface area contributed by atoms with Crippen molar-refractivity contribution in [3.8, 4) is 34.1 Å². The van der Waals surface area contributed by atoms with Gasteiger partial charge in [0.15, 0.2) is 0 Å². The second-order valence-corrected chi connectivity index (χ2v) is 18.4. The van der Waals surface area contributed by atoms with Gasteiger partial charge in [0.05, 0.1) is 64.0 Å². The Balaban J connectivity index is 0.836. The lowest BCUT2D eigenvalue weighted by Gasteiger charge is -2.40. The van der Waals surface area contributed by atoms with E-state index >= 15 is 8.78 Å². The maximum absolute atomic E-state index is 15.2. The van der Waals surface area contributed by atoms with Crippen molar-refractivity contribution < 1.29 is 56.3 Å². The SMILES string of the molecule is CCC1(COCCCCCCOc2ccc(C(=O)Oc3ccc4c(c3)C(C)(C)c3cc(OC(=O)c5ccc(OCCCCCCOCC6(CC)COC6)cc5F)ccc3-4)c(F)c2)COC1. The molecule has 4 aromatic rings. The molecule has 4 aromatic carbocycles. The second-order valence-electron chi connectivity index (χ2n) is 18.4. The summed E-state index contributed by atoms with van der Waals surface area (Å²) < 4.78 is 75.6. The molecule has 0 amide bonds. The van der Waals surface area contributed by atoms with E-state index in [1.54, 1.807) is 36.4 Å².